The molecular formula is C40H36O10. The van der Waals surface area contributed by atoms with E-state index in [1.54, 1.807) is 31.2 Å². The van der Waals surface area contributed by atoms with Crippen LogP contribution in [-0.2, 0) is 0 Å². The first-order chi connectivity index (χ1) is 23.6. The van der Waals surface area contributed by atoms with Crippen LogP contribution in [0.2, 0.25) is 0 Å². The van der Waals surface area contributed by atoms with Gasteiger partial charge in [0, 0.05) is 41.0 Å². The lowest BCUT2D eigenvalue weighted by molar-refractivity contribution is 0.0876. The molecule has 10 heteroatoms. The number of benzene rings is 4. The fraction of sp³-hybridized carbons (Fsp3) is 0.200. The van der Waals surface area contributed by atoms with Crippen molar-refractivity contribution < 1.29 is 50.1 Å². The zero-order valence-corrected chi connectivity index (χ0v) is 27.5. The van der Waals surface area contributed by atoms with Gasteiger partial charge in [0.2, 0.25) is 0 Å². The lowest BCUT2D eigenvalue weighted by atomic mass is 9.65. The van der Waals surface area contributed by atoms with Crippen molar-refractivity contribution in [2.24, 2.45) is 5.92 Å². The Labute approximate surface area is 287 Å². The predicted molar refractivity (Wildman–Crippen MR) is 186 cm³/mol. The standard InChI is InChI=1S/C40H36O10/c1-20-16-28(24-8-7-23(42)19-33(24)46)35(39(49)27-10-13-34-26(37(27)47)14-15-40(2,3)50-34)29(17-20)36-31(44)12-9-25(38(36)48)30(43)11-5-21-4-6-22(41)18-32(21)45/h4-15,17-19,28-29,35,41-42,44-48H,16H2,1-3H3/t28-,29+,35-/m1/s1. The van der Waals surface area contributed by atoms with Crippen LogP contribution in [0.25, 0.3) is 12.2 Å². The highest BCUT2D eigenvalue weighted by Gasteiger charge is 2.44. The van der Waals surface area contributed by atoms with Gasteiger partial charge in [-0.05, 0) is 99.5 Å². The minimum atomic E-state index is -1.14. The molecular weight excluding hydrogens is 640 g/mol. The van der Waals surface area contributed by atoms with Crippen LogP contribution in [-0.4, -0.2) is 52.9 Å². The van der Waals surface area contributed by atoms with E-state index in [0.717, 1.165) is 23.8 Å². The van der Waals surface area contributed by atoms with E-state index in [1.165, 1.54) is 48.5 Å². The minimum Gasteiger partial charge on any atom is -0.508 e. The Kier molecular flexibility index (Phi) is 8.57. The van der Waals surface area contributed by atoms with Crippen LogP contribution in [0.15, 0.2) is 84.5 Å². The number of carbonyl (C=O) groups excluding carboxylic acids is 2. The smallest absolute Gasteiger partial charge is 0.189 e. The summed E-state index contributed by atoms with van der Waals surface area (Å²) in [6.45, 7) is 5.50. The molecule has 0 saturated heterocycles. The summed E-state index contributed by atoms with van der Waals surface area (Å²) in [5.41, 5.74) is 0.623. The van der Waals surface area contributed by atoms with Gasteiger partial charge in [-0.15, -0.1) is 0 Å². The van der Waals surface area contributed by atoms with Crippen LogP contribution < -0.4 is 4.74 Å². The number of aromatic hydroxyl groups is 7. The average Bonchev–Trinajstić information content (AvgIpc) is 3.03. The van der Waals surface area contributed by atoms with Crippen LogP contribution in [0.1, 0.15) is 82.0 Å². The highest BCUT2D eigenvalue weighted by molar-refractivity contribution is 6.09. The first kappa shape index (κ1) is 33.7. The van der Waals surface area contributed by atoms with E-state index >= 15 is 0 Å². The van der Waals surface area contributed by atoms with E-state index < -0.39 is 46.4 Å². The number of hydrogen-bond acceptors (Lipinski definition) is 10. The number of rotatable bonds is 7. The first-order valence-corrected chi connectivity index (χ1v) is 15.9. The Hall–Kier alpha value is -6.16. The van der Waals surface area contributed by atoms with Gasteiger partial charge in [-0.3, -0.25) is 9.59 Å². The molecule has 1 heterocycles. The van der Waals surface area contributed by atoms with Gasteiger partial charge in [-0.2, -0.15) is 0 Å². The van der Waals surface area contributed by atoms with Crippen molar-refractivity contribution >= 4 is 23.7 Å². The van der Waals surface area contributed by atoms with Crippen molar-refractivity contribution in [2.75, 3.05) is 0 Å². The van der Waals surface area contributed by atoms with Crippen molar-refractivity contribution in [3.8, 4) is 46.0 Å². The van der Waals surface area contributed by atoms with Gasteiger partial charge in [0.15, 0.2) is 11.6 Å². The topological polar surface area (TPSA) is 185 Å². The highest BCUT2D eigenvalue weighted by Crippen LogP contribution is 2.53. The Morgan fingerprint density at radius 1 is 0.800 bits per heavy atom. The van der Waals surface area contributed by atoms with Crippen molar-refractivity contribution in [3.63, 3.8) is 0 Å². The maximum absolute atomic E-state index is 14.8. The summed E-state index contributed by atoms with van der Waals surface area (Å²) >= 11 is 0. The summed E-state index contributed by atoms with van der Waals surface area (Å²) in [5.74, 6) is -6.02. The van der Waals surface area contributed by atoms with Gasteiger partial charge in [0.1, 0.15) is 51.6 Å². The molecule has 50 heavy (non-hydrogen) atoms. The summed E-state index contributed by atoms with van der Waals surface area (Å²) in [5, 5.41) is 75.1. The normalized spacial score (nSPS) is 19.4. The van der Waals surface area contributed by atoms with Crippen LogP contribution >= 0.6 is 0 Å². The second kappa shape index (κ2) is 12.7. The fourth-order valence-electron chi connectivity index (χ4n) is 6.83. The SMILES string of the molecule is CC1=C[C@H](c2c(O)ccc(C(=O)C=Cc3ccc(O)cc3O)c2O)[C@H](C(=O)c2ccc3c(c2O)C=CC(C)(C)O3)[C@@H](c2ccc(O)cc2O)C1. The number of ether oxygens (including phenoxy) is 1. The Morgan fingerprint density at radius 2 is 1.48 bits per heavy atom. The van der Waals surface area contributed by atoms with Gasteiger partial charge >= 0.3 is 0 Å². The van der Waals surface area contributed by atoms with Crippen LogP contribution in [0.5, 0.6) is 46.0 Å². The fourth-order valence-corrected chi connectivity index (χ4v) is 6.83. The molecule has 4 aromatic rings. The van der Waals surface area contributed by atoms with Crippen molar-refractivity contribution in [1.29, 1.82) is 0 Å². The zero-order valence-electron chi connectivity index (χ0n) is 27.5. The third-order valence-electron chi connectivity index (χ3n) is 9.23. The molecule has 0 unspecified atom stereocenters. The second-order valence-corrected chi connectivity index (χ2v) is 13.2. The van der Waals surface area contributed by atoms with Gasteiger partial charge in [-0.1, -0.05) is 17.7 Å². The third kappa shape index (κ3) is 6.23. The zero-order chi connectivity index (χ0) is 36.1. The number of ketones is 2. The molecule has 256 valence electrons. The molecule has 2 aliphatic rings. The van der Waals surface area contributed by atoms with E-state index in [9.17, 15) is 45.3 Å². The summed E-state index contributed by atoms with van der Waals surface area (Å²) in [7, 11) is 0. The Morgan fingerprint density at radius 3 is 2.18 bits per heavy atom. The molecule has 1 aliphatic carbocycles. The van der Waals surface area contributed by atoms with Crippen LogP contribution in [0, 0.1) is 5.92 Å². The molecule has 6 rings (SSSR count). The quantitative estimate of drug-likeness (QED) is 0.0590. The van der Waals surface area contributed by atoms with E-state index in [1.807, 2.05) is 13.8 Å². The van der Waals surface area contributed by atoms with Gasteiger partial charge in [0.25, 0.3) is 0 Å². The number of fused-ring (bicyclic) bond motifs is 1. The monoisotopic (exact) mass is 676 g/mol. The summed E-state index contributed by atoms with van der Waals surface area (Å²) in [6, 6.07) is 13.4. The number of phenols is 7. The van der Waals surface area contributed by atoms with Gasteiger partial charge in [-0.25, -0.2) is 0 Å². The molecule has 0 radical (unpaired) electrons. The van der Waals surface area contributed by atoms with E-state index in [2.05, 4.69) is 0 Å². The van der Waals surface area contributed by atoms with Gasteiger partial charge in [0.05, 0.1) is 16.7 Å². The molecule has 7 N–H and O–H groups in total. The lowest BCUT2D eigenvalue weighted by Gasteiger charge is -2.37. The number of carbonyl (C=O) groups is 2. The van der Waals surface area contributed by atoms with Crippen LogP contribution in [0.3, 0.4) is 0 Å². The number of Topliss-reactive ketones (excluding diaryl/α,β-unsaturated/α-hetero) is 1. The van der Waals surface area contributed by atoms with Gasteiger partial charge < -0.3 is 40.5 Å². The summed E-state index contributed by atoms with van der Waals surface area (Å²) < 4.78 is 5.98. The maximum atomic E-state index is 14.8. The molecule has 10 nitrogen and oxygen atoms in total. The molecule has 0 bridgehead atoms. The maximum Gasteiger partial charge on any atom is 0.189 e. The van der Waals surface area contributed by atoms with Crippen molar-refractivity contribution in [2.45, 2.75) is 44.6 Å². The molecule has 0 aromatic heterocycles. The third-order valence-corrected chi connectivity index (χ3v) is 9.23. The Bertz CT molecular complexity index is 2140. The predicted octanol–water partition coefficient (Wildman–Crippen LogP) is 7.42. The Balaban J connectivity index is 1.49. The number of phenolic OH excluding ortho intramolecular Hbond substituents is 7. The highest BCUT2D eigenvalue weighted by atomic mass is 16.5. The van der Waals surface area contributed by atoms with E-state index in [-0.39, 0.29) is 57.4 Å². The molecule has 3 atom stereocenters. The average molecular weight is 677 g/mol. The summed E-state index contributed by atoms with van der Waals surface area (Å²) in [6.07, 6.45) is 7.84. The van der Waals surface area contributed by atoms with Crippen LogP contribution in [0.4, 0.5) is 0 Å². The minimum absolute atomic E-state index is 0.0502. The van der Waals surface area contributed by atoms with Crippen molar-refractivity contribution in [1.82, 2.24) is 0 Å². The molecule has 0 amide bonds. The molecule has 1 aliphatic heterocycles. The number of hydrogen-bond donors (Lipinski definition) is 7. The molecule has 0 spiro atoms. The first-order valence-electron chi connectivity index (χ1n) is 15.9. The molecule has 0 saturated carbocycles. The lowest BCUT2D eigenvalue weighted by Crippen LogP contribution is -2.32. The van der Waals surface area contributed by atoms with E-state index in [4.69, 9.17) is 4.74 Å². The van der Waals surface area contributed by atoms with E-state index in [0.29, 0.717) is 16.9 Å². The summed E-state index contributed by atoms with van der Waals surface area (Å²) in [4.78, 5) is 28.2. The molecule has 0 fully saturated rings. The largest absolute Gasteiger partial charge is 0.508 e. The molecule has 4 aromatic carbocycles. The van der Waals surface area contributed by atoms with Crippen molar-refractivity contribution in [3.05, 3.63) is 118 Å². The number of allylic oxidation sites excluding steroid dienone is 3. The second-order valence-electron chi connectivity index (χ2n) is 13.2.